The van der Waals surface area contributed by atoms with E-state index in [0.717, 1.165) is 5.56 Å². The van der Waals surface area contributed by atoms with Gasteiger partial charge in [0.2, 0.25) is 5.91 Å². The second kappa shape index (κ2) is 10.8. The van der Waals surface area contributed by atoms with Crippen LogP contribution in [0.4, 0.5) is 0 Å². The molecule has 0 aromatic heterocycles. The van der Waals surface area contributed by atoms with Crippen LogP contribution in [0.2, 0.25) is 0 Å². The lowest BCUT2D eigenvalue weighted by Crippen LogP contribution is -2.53. The SMILES string of the molecule is CCOc1ccc(CNC(=O)C2CCN(S(=O)(=O)N3CCC4(CC3)OCCO4)CC2)cc1OC. The number of piperidine rings is 2. The first-order chi connectivity index (χ1) is 16.4. The van der Waals surface area contributed by atoms with Crippen molar-refractivity contribution in [3.63, 3.8) is 0 Å². The summed E-state index contributed by atoms with van der Waals surface area (Å²) in [6, 6.07) is 5.58. The molecule has 1 aromatic rings. The summed E-state index contributed by atoms with van der Waals surface area (Å²) >= 11 is 0. The van der Waals surface area contributed by atoms with E-state index in [1.807, 2.05) is 25.1 Å². The second-order valence-corrected chi connectivity index (χ2v) is 10.8. The molecule has 11 heteroatoms. The molecule has 3 heterocycles. The smallest absolute Gasteiger partial charge is 0.281 e. The fourth-order valence-electron chi connectivity index (χ4n) is 4.79. The molecule has 10 nitrogen and oxygen atoms in total. The van der Waals surface area contributed by atoms with E-state index >= 15 is 0 Å². The van der Waals surface area contributed by atoms with Crippen molar-refractivity contribution in [1.29, 1.82) is 0 Å². The van der Waals surface area contributed by atoms with Gasteiger partial charge in [0.15, 0.2) is 17.3 Å². The Labute approximate surface area is 201 Å². The monoisotopic (exact) mass is 497 g/mol. The lowest BCUT2D eigenvalue weighted by molar-refractivity contribution is -0.179. The molecular formula is C23H35N3O7S. The van der Waals surface area contributed by atoms with Gasteiger partial charge in [0, 0.05) is 51.5 Å². The molecule has 1 amide bonds. The molecule has 3 fully saturated rings. The van der Waals surface area contributed by atoms with E-state index in [9.17, 15) is 13.2 Å². The third-order valence-corrected chi connectivity index (χ3v) is 8.81. The van der Waals surface area contributed by atoms with Crippen LogP contribution in [0.25, 0.3) is 0 Å². The summed E-state index contributed by atoms with van der Waals surface area (Å²) in [7, 11) is -1.97. The minimum absolute atomic E-state index is 0.0552. The maximum absolute atomic E-state index is 13.1. The van der Waals surface area contributed by atoms with Gasteiger partial charge in [0.25, 0.3) is 10.2 Å². The van der Waals surface area contributed by atoms with Crippen molar-refractivity contribution in [3.05, 3.63) is 23.8 Å². The van der Waals surface area contributed by atoms with E-state index in [2.05, 4.69) is 5.32 Å². The Bertz CT molecular complexity index is 947. The molecule has 0 unspecified atom stereocenters. The molecule has 0 bridgehead atoms. The summed E-state index contributed by atoms with van der Waals surface area (Å²) in [6.07, 6.45) is 2.09. The molecule has 0 saturated carbocycles. The van der Waals surface area contributed by atoms with Gasteiger partial charge in [-0.15, -0.1) is 0 Å². The molecule has 0 aliphatic carbocycles. The summed E-state index contributed by atoms with van der Waals surface area (Å²) in [4.78, 5) is 12.7. The normalized spacial score (nSPS) is 22.1. The van der Waals surface area contributed by atoms with Crippen molar-refractivity contribution in [2.75, 3.05) is 53.1 Å². The predicted molar refractivity (Wildman–Crippen MR) is 125 cm³/mol. The van der Waals surface area contributed by atoms with Crippen molar-refractivity contribution in [1.82, 2.24) is 13.9 Å². The van der Waals surface area contributed by atoms with Gasteiger partial charge >= 0.3 is 0 Å². The number of rotatable bonds is 8. The van der Waals surface area contributed by atoms with Crippen LogP contribution in [0, 0.1) is 5.92 Å². The Morgan fingerprint density at radius 1 is 1.09 bits per heavy atom. The van der Waals surface area contributed by atoms with Gasteiger partial charge in [-0.25, -0.2) is 0 Å². The van der Waals surface area contributed by atoms with Crippen LogP contribution in [0.1, 0.15) is 38.2 Å². The van der Waals surface area contributed by atoms with Crippen LogP contribution in [0.5, 0.6) is 11.5 Å². The lowest BCUT2D eigenvalue weighted by Gasteiger charge is -2.40. The first-order valence-corrected chi connectivity index (χ1v) is 13.4. The Hall–Kier alpha value is -1.92. The molecule has 1 aromatic carbocycles. The van der Waals surface area contributed by atoms with Gasteiger partial charge in [-0.3, -0.25) is 4.79 Å². The molecule has 3 aliphatic heterocycles. The maximum atomic E-state index is 13.1. The van der Waals surface area contributed by atoms with E-state index in [1.165, 1.54) is 8.61 Å². The van der Waals surface area contributed by atoms with Crippen molar-refractivity contribution in [3.8, 4) is 11.5 Å². The zero-order valence-corrected chi connectivity index (χ0v) is 20.8. The minimum atomic E-state index is -3.55. The molecule has 0 radical (unpaired) electrons. The Balaban J connectivity index is 1.25. The van der Waals surface area contributed by atoms with Crippen LogP contribution < -0.4 is 14.8 Å². The topological polar surface area (TPSA) is 107 Å². The predicted octanol–water partition coefficient (Wildman–Crippen LogP) is 1.51. The number of nitrogens with zero attached hydrogens (tertiary/aromatic N) is 2. The third-order valence-electron chi connectivity index (χ3n) is 6.77. The largest absolute Gasteiger partial charge is 0.493 e. The Kier molecular flexibility index (Phi) is 7.98. The number of hydrogen-bond acceptors (Lipinski definition) is 7. The first-order valence-electron chi connectivity index (χ1n) is 12.0. The van der Waals surface area contributed by atoms with Gasteiger partial charge in [-0.2, -0.15) is 17.0 Å². The van der Waals surface area contributed by atoms with Crippen molar-refractivity contribution < 1.29 is 32.2 Å². The van der Waals surface area contributed by atoms with Crippen molar-refractivity contribution in [2.45, 2.75) is 44.9 Å². The molecule has 1 N–H and O–H groups in total. The fraction of sp³-hybridized carbons (Fsp3) is 0.696. The number of nitrogens with one attached hydrogen (secondary N) is 1. The highest BCUT2D eigenvalue weighted by Crippen LogP contribution is 2.33. The highest BCUT2D eigenvalue weighted by Gasteiger charge is 2.44. The van der Waals surface area contributed by atoms with E-state index in [1.54, 1.807) is 7.11 Å². The molecule has 1 spiro atoms. The van der Waals surface area contributed by atoms with E-state index < -0.39 is 16.0 Å². The molecular weight excluding hydrogens is 462 g/mol. The highest BCUT2D eigenvalue weighted by atomic mass is 32.2. The minimum Gasteiger partial charge on any atom is -0.493 e. The summed E-state index contributed by atoms with van der Waals surface area (Å²) in [5, 5.41) is 2.97. The van der Waals surface area contributed by atoms with Crippen LogP contribution in [0.3, 0.4) is 0 Å². The zero-order chi connectivity index (χ0) is 24.2. The molecule has 34 heavy (non-hydrogen) atoms. The molecule has 3 aliphatic rings. The number of carbonyl (C=O) groups is 1. The van der Waals surface area contributed by atoms with Crippen LogP contribution in [0.15, 0.2) is 18.2 Å². The summed E-state index contributed by atoms with van der Waals surface area (Å²) < 4.78 is 51.5. The van der Waals surface area contributed by atoms with Crippen LogP contribution in [-0.4, -0.2) is 81.8 Å². The Morgan fingerprint density at radius 3 is 2.35 bits per heavy atom. The van der Waals surface area contributed by atoms with Crippen LogP contribution >= 0.6 is 0 Å². The third kappa shape index (κ3) is 5.49. The number of amides is 1. The van der Waals surface area contributed by atoms with Gasteiger partial charge in [-0.1, -0.05) is 6.07 Å². The maximum Gasteiger partial charge on any atom is 0.281 e. The van der Waals surface area contributed by atoms with Crippen LogP contribution in [-0.2, 0) is 31.0 Å². The Morgan fingerprint density at radius 2 is 1.74 bits per heavy atom. The first kappa shape index (κ1) is 25.2. The molecule has 3 saturated heterocycles. The summed E-state index contributed by atoms with van der Waals surface area (Å²) in [5.41, 5.74) is 0.909. The fourth-order valence-corrected chi connectivity index (χ4v) is 6.43. The number of benzene rings is 1. The number of carbonyl (C=O) groups excluding carboxylic acids is 1. The quantitative estimate of drug-likeness (QED) is 0.580. The second-order valence-electron chi connectivity index (χ2n) is 8.82. The van der Waals surface area contributed by atoms with E-state index in [-0.39, 0.29) is 11.8 Å². The zero-order valence-electron chi connectivity index (χ0n) is 20.0. The molecule has 190 valence electrons. The van der Waals surface area contributed by atoms with Gasteiger partial charge in [0.05, 0.1) is 26.9 Å². The van der Waals surface area contributed by atoms with Gasteiger partial charge in [-0.05, 0) is 37.5 Å². The van der Waals surface area contributed by atoms with Crippen molar-refractivity contribution in [2.24, 2.45) is 5.92 Å². The van der Waals surface area contributed by atoms with Gasteiger partial charge in [0.1, 0.15) is 0 Å². The van der Waals surface area contributed by atoms with E-state index in [0.29, 0.717) is 89.7 Å². The lowest BCUT2D eigenvalue weighted by atomic mass is 9.97. The average Bonchev–Trinajstić information content (AvgIpc) is 3.31. The van der Waals surface area contributed by atoms with Crippen molar-refractivity contribution >= 4 is 16.1 Å². The number of hydrogen-bond donors (Lipinski definition) is 1. The highest BCUT2D eigenvalue weighted by molar-refractivity contribution is 7.86. The number of methoxy groups -OCH3 is 1. The van der Waals surface area contributed by atoms with Gasteiger partial charge < -0.3 is 24.3 Å². The molecule has 4 rings (SSSR count). The average molecular weight is 498 g/mol. The van der Waals surface area contributed by atoms with E-state index in [4.69, 9.17) is 18.9 Å². The summed E-state index contributed by atoms with van der Waals surface area (Å²) in [5.74, 6) is 0.425. The number of ether oxygens (including phenoxy) is 4. The summed E-state index contributed by atoms with van der Waals surface area (Å²) in [6.45, 7) is 5.40. The standard InChI is InChI=1S/C23H35N3O7S/c1-3-31-20-5-4-18(16-21(20)30-2)17-24-22(27)19-6-10-25(11-7-19)34(28,29)26-12-8-23(9-13-26)32-14-15-33-23/h4-5,16,19H,3,6-15,17H2,1-2H3,(H,24,27). The molecule has 0 atom stereocenters.